The lowest BCUT2D eigenvalue weighted by molar-refractivity contribution is -0.141. The molecule has 0 radical (unpaired) electrons. The summed E-state index contributed by atoms with van der Waals surface area (Å²) in [6, 6.07) is 8.61. The third kappa shape index (κ3) is 3.39. The van der Waals surface area contributed by atoms with Crippen molar-refractivity contribution in [1.29, 1.82) is 0 Å². The van der Waals surface area contributed by atoms with Gasteiger partial charge in [0, 0.05) is 10.5 Å². The minimum absolute atomic E-state index is 0.0498. The molecular formula is C14H9ClF3NOS. The highest BCUT2D eigenvalue weighted by atomic mass is 35.5. The van der Waals surface area contributed by atoms with Gasteiger partial charge in [-0.1, -0.05) is 23.7 Å². The molecule has 1 aromatic heterocycles. The molecule has 7 heteroatoms. The van der Waals surface area contributed by atoms with E-state index in [0.717, 1.165) is 17.0 Å². The monoisotopic (exact) mass is 331 g/mol. The number of carbonyl (C=O) groups is 1. The highest BCUT2D eigenvalue weighted by Crippen LogP contribution is 2.31. The van der Waals surface area contributed by atoms with E-state index in [0.29, 0.717) is 5.56 Å². The minimum Gasteiger partial charge on any atom is -0.288 e. The van der Waals surface area contributed by atoms with Crippen molar-refractivity contribution in [3.63, 3.8) is 0 Å². The van der Waals surface area contributed by atoms with Crippen molar-refractivity contribution in [3.05, 3.63) is 58.4 Å². The average molecular weight is 332 g/mol. The van der Waals surface area contributed by atoms with E-state index >= 15 is 0 Å². The third-order valence-electron chi connectivity index (χ3n) is 2.74. The molecule has 21 heavy (non-hydrogen) atoms. The molecule has 0 unspecified atom stereocenters. The number of ketones is 1. The molecule has 2 nitrogen and oxygen atoms in total. The SMILES string of the molecule is CSc1ccccc1C(=O)c1ccc(C(F)(F)F)nc1Cl. The van der Waals surface area contributed by atoms with Crippen LogP contribution in [0.2, 0.25) is 5.15 Å². The van der Waals surface area contributed by atoms with Crippen molar-refractivity contribution in [3.8, 4) is 0 Å². The normalized spacial score (nSPS) is 11.5. The lowest BCUT2D eigenvalue weighted by atomic mass is 10.0. The van der Waals surface area contributed by atoms with Crippen LogP contribution in [0.25, 0.3) is 0 Å². The van der Waals surface area contributed by atoms with Crippen LogP contribution in [0, 0.1) is 0 Å². The number of aromatic nitrogens is 1. The number of nitrogens with zero attached hydrogens (tertiary/aromatic N) is 1. The fourth-order valence-corrected chi connectivity index (χ4v) is 2.57. The summed E-state index contributed by atoms with van der Waals surface area (Å²) in [5.74, 6) is -0.453. The van der Waals surface area contributed by atoms with Gasteiger partial charge in [-0.25, -0.2) is 4.98 Å². The Bertz CT molecular complexity index is 688. The number of alkyl halides is 3. The summed E-state index contributed by atoms with van der Waals surface area (Å²) in [7, 11) is 0. The van der Waals surface area contributed by atoms with E-state index in [1.165, 1.54) is 11.8 Å². The minimum atomic E-state index is -4.59. The Balaban J connectivity index is 2.45. The molecule has 0 amide bonds. The van der Waals surface area contributed by atoms with Gasteiger partial charge in [0.25, 0.3) is 0 Å². The first-order chi connectivity index (χ1) is 9.84. The van der Waals surface area contributed by atoms with Gasteiger partial charge < -0.3 is 0 Å². The number of halogens is 4. The molecule has 2 aromatic rings. The lowest BCUT2D eigenvalue weighted by Crippen LogP contribution is -2.11. The van der Waals surface area contributed by atoms with Gasteiger partial charge in [-0.2, -0.15) is 13.2 Å². The van der Waals surface area contributed by atoms with Crippen molar-refractivity contribution < 1.29 is 18.0 Å². The maximum Gasteiger partial charge on any atom is 0.433 e. The van der Waals surface area contributed by atoms with E-state index < -0.39 is 22.8 Å². The van der Waals surface area contributed by atoms with Gasteiger partial charge in [0.1, 0.15) is 10.8 Å². The summed E-state index contributed by atoms with van der Waals surface area (Å²) in [4.78, 5) is 16.4. The summed E-state index contributed by atoms with van der Waals surface area (Å²) in [5.41, 5.74) is -0.790. The summed E-state index contributed by atoms with van der Waals surface area (Å²) in [6.07, 6.45) is -2.79. The van der Waals surface area contributed by atoms with Crippen LogP contribution >= 0.6 is 23.4 Å². The molecule has 2 rings (SSSR count). The first kappa shape index (κ1) is 15.9. The van der Waals surface area contributed by atoms with E-state index in [2.05, 4.69) is 4.98 Å². The number of hydrogen-bond acceptors (Lipinski definition) is 3. The van der Waals surface area contributed by atoms with Crippen LogP contribution in [0.1, 0.15) is 21.6 Å². The van der Waals surface area contributed by atoms with Crippen molar-refractivity contribution >= 4 is 29.1 Å². The predicted octanol–water partition coefficient (Wildman–Crippen LogP) is 4.71. The van der Waals surface area contributed by atoms with Crippen molar-refractivity contribution in [2.75, 3.05) is 6.26 Å². The number of thioether (sulfide) groups is 1. The largest absolute Gasteiger partial charge is 0.433 e. The van der Waals surface area contributed by atoms with Gasteiger partial charge in [-0.3, -0.25) is 4.79 Å². The van der Waals surface area contributed by atoms with Crippen LogP contribution in [-0.4, -0.2) is 17.0 Å². The number of pyridine rings is 1. The molecular weight excluding hydrogens is 323 g/mol. The van der Waals surface area contributed by atoms with E-state index in [4.69, 9.17) is 11.6 Å². The smallest absolute Gasteiger partial charge is 0.288 e. The summed E-state index contributed by atoms with van der Waals surface area (Å²) >= 11 is 7.10. The summed E-state index contributed by atoms with van der Waals surface area (Å²) in [6.45, 7) is 0. The van der Waals surface area contributed by atoms with Gasteiger partial charge in [-0.05, 0) is 30.5 Å². The maximum atomic E-state index is 12.5. The highest BCUT2D eigenvalue weighted by Gasteiger charge is 2.33. The molecule has 110 valence electrons. The Morgan fingerprint density at radius 2 is 1.81 bits per heavy atom. The predicted molar refractivity (Wildman–Crippen MR) is 75.9 cm³/mol. The maximum absolute atomic E-state index is 12.5. The molecule has 0 N–H and O–H groups in total. The Morgan fingerprint density at radius 3 is 2.38 bits per heavy atom. The first-order valence-corrected chi connectivity index (χ1v) is 7.36. The number of benzene rings is 1. The van der Waals surface area contributed by atoms with Gasteiger partial charge in [0.2, 0.25) is 0 Å². The molecule has 0 aliphatic rings. The Hall–Kier alpha value is -1.53. The third-order valence-corrected chi connectivity index (χ3v) is 3.82. The Kier molecular flexibility index (Phi) is 4.58. The summed E-state index contributed by atoms with van der Waals surface area (Å²) < 4.78 is 37.6. The fourth-order valence-electron chi connectivity index (χ4n) is 1.74. The van der Waals surface area contributed by atoms with Gasteiger partial charge in [0.05, 0.1) is 5.56 Å². The van der Waals surface area contributed by atoms with Crippen LogP contribution in [0.3, 0.4) is 0 Å². The zero-order chi connectivity index (χ0) is 15.6. The summed E-state index contributed by atoms with van der Waals surface area (Å²) in [5, 5.41) is -0.453. The average Bonchev–Trinajstić information content (AvgIpc) is 2.45. The zero-order valence-corrected chi connectivity index (χ0v) is 12.3. The lowest BCUT2D eigenvalue weighted by Gasteiger charge is -2.10. The molecule has 0 spiro atoms. The van der Waals surface area contributed by atoms with Crippen LogP contribution < -0.4 is 0 Å². The van der Waals surface area contributed by atoms with E-state index in [-0.39, 0.29) is 5.56 Å². The van der Waals surface area contributed by atoms with Crippen molar-refractivity contribution in [2.45, 2.75) is 11.1 Å². The van der Waals surface area contributed by atoms with E-state index in [1.807, 2.05) is 0 Å². The number of carbonyl (C=O) groups excluding carboxylic acids is 1. The molecule has 1 aromatic carbocycles. The van der Waals surface area contributed by atoms with Crippen LogP contribution in [0.5, 0.6) is 0 Å². The van der Waals surface area contributed by atoms with E-state index in [1.54, 1.807) is 30.5 Å². The second-order valence-corrected chi connectivity index (χ2v) is 5.27. The van der Waals surface area contributed by atoms with Crippen molar-refractivity contribution in [2.24, 2.45) is 0 Å². The quantitative estimate of drug-likeness (QED) is 0.463. The number of hydrogen-bond donors (Lipinski definition) is 0. The van der Waals surface area contributed by atoms with Gasteiger partial charge in [0.15, 0.2) is 5.78 Å². The molecule has 1 heterocycles. The van der Waals surface area contributed by atoms with Crippen molar-refractivity contribution in [1.82, 2.24) is 4.98 Å². The zero-order valence-electron chi connectivity index (χ0n) is 10.7. The standard InChI is InChI=1S/C14H9ClF3NOS/c1-21-10-5-3-2-4-8(10)12(20)9-6-7-11(14(16,17)18)19-13(9)15/h2-7H,1H3. The molecule has 0 saturated carbocycles. The molecule has 0 bridgehead atoms. The molecule has 0 fully saturated rings. The topological polar surface area (TPSA) is 30.0 Å². The molecule has 0 aliphatic carbocycles. The number of rotatable bonds is 3. The Morgan fingerprint density at radius 1 is 1.14 bits per heavy atom. The molecule has 0 saturated heterocycles. The molecule has 0 atom stereocenters. The van der Waals surface area contributed by atoms with Gasteiger partial charge in [-0.15, -0.1) is 11.8 Å². The van der Waals surface area contributed by atoms with Gasteiger partial charge >= 0.3 is 6.18 Å². The van der Waals surface area contributed by atoms with Crippen LogP contribution in [-0.2, 0) is 6.18 Å². The Labute approximate surface area is 128 Å². The van der Waals surface area contributed by atoms with E-state index in [9.17, 15) is 18.0 Å². The highest BCUT2D eigenvalue weighted by molar-refractivity contribution is 7.98. The fraction of sp³-hybridized carbons (Fsp3) is 0.143. The second-order valence-electron chi connectivity index (χ2n) is 4.06. The van der Waals surface area contributed by atoms with Crippen LogP contribution in [0.4, 0.5) is 13.2 Å². The first-order valence-electron chi connectivity index (χ1n) is 5.76. The molecule has 0 aliphatic heterocycles. The van der Waals surface area contributed by atoms with Crippen LogP contribution in [0.15, 0.2) is 41.3 Å². The second kappa shape index (κ2) is 6.07.